The van der Waals surface area contributed by atoms with Gasteiger partial charge in [-0.1, -0.05) is 11.6 Å². The van der Waals surface area contributed by atoms with E-state index in [1.807, 2.05) is 0 Å². The number of hydrogen-bond acceptors (Lipinski definition) is 6. The Balaban J connectivity index is 1.70. The molecule has 2 fully saturated rings. The first kappa shape index (κ1) is 24.3. The number of fused-ring (bicyclic) bond motifs is 1. The Bertz CT molecular complexity index is 1200. The van der Waals surface area contributed by atoms with Crippen molar-refractivity contribution < 1.29 is 23.5 Å². The second kappa shape index (κ2) is 9.09. The number of carbonyl (C=O) groups is 2. The van der Waals surface area contributed by atoms with Crippen molar-refractivity contribution in [2.24, 2.45) is 0 Å². The molecule has 1 unspecified atom stereocenters. The van der Waals surface area contributed by atoms with Gasteiger partial charge in [-0.2, -0.15) is 0 Å². The first-order chi connectivity index (χ1) is 16.0. The van der Waals surface area contributed by atoms with Gasteiger partial charge < -0.3 is 19.7 Å². The van der Waals surface area contributed by atoms with Gasteiger partial charge in [-0.3, -0.25) is 9.20 Å². The average molecular weight is 494 g/mol. The molecule has 1 saturated heterocycles. The van der Waals surface area contributed by atoms with Gasteiger partial charge in [0, 0.05) is 13.1 Å². The highest BCUT2D eigenvalue weighted by Crippen LogP contribution is 2.45. The molecule has 1 aliphatic heterocycles. The molecular formula is C24H29ClFN3O5. The summed E-state index contributed by atoms with van der Waals surface area (Å²) in [5, 5.41) is 2.93. The van der Waals surface area contributed by atoms with Crippen molar-refractivity contribution in [3.8, 4) is 0 Å². The summed E-state index contributed by atoms with van der Waals surface area (Å²) in [4.78, 5) is 39.3. The Morgan fingerprint density at radius 1 is 1.26 bits per heavy atom. The van der Waals surface area contributed by atoms with Crippen LogP contribution in [0.15, 0.2) is 17.1 Å². The van der Waals surface area contributed by atoms with Crippen LogP contribution in [0.2, 0.25) is 5.02 Å². The van der Waals surface area contributed by atoms with Crippen molar-refractivity contribution in [2.75, 3.05) is 24.6 Å². The Morgan fingerprint density at radius 3 is 2.59 bits per heavy atom. The Labute approximate surface area is 202 Å². The Morgan fingerprint density at radius 2 is 1.97 bits per heavy atom. The Kier molecular flexibility index (Phi) is 6.50. The lowest BCUT2D eigenvalue weighted by molar-refractivity contribution is 0.0503. The van der Waals surface area contributed by atoms with Crippen molar-refractivity contribution in [1.82, 2.24) is 9.72 Å². The minimum Gasteiger partial charge on any atom is -0.462 e. The zero-order chi connectivity index (χ0) is 24.8. The maximum absolute atomic E-state index is 15.3. The highest BCUT2D eigenvalue weighted by molar-refractivity contribution is 6.36. The minimum atomic E-state index is -0.736. The number of hydrogen-bond donors (Lipinski definition) is 1. The summed E-state index contributed by atoms with van der Waals surface area (Å²) in [6.07, 6.45) is 2.93. The van der Waals surface area contributed by atoms with Crippen LogP contribution in [0.5, 0.6) is 0 Å². The number of alkyl carbamates (subject to hydrolysis) is 1. The fourth-order valence-electron chi connectivity index (χ4n) is 4.31. The van der Waals surface area contributed by atoms with Gasteiger partial charge in [0.05, 0.1) is 35.1 Å². The zero-order valence-electron chi connectivity index (χ0n) is 19.7. The molecule has 4 rings (SSSR count). The van der Waals surface area contributed by atoms with Crippen LogP contribution in [0.1, 0.15) is 68.8 Å². The number of pyridine rings is 2. The van der Waals surface area contributed by atoms with Crippen molar-refractivity contribution >= 4 is 34.9 Å². The van der Waals surface area contributed by atoms with Gasteiger partial charge in [0.2, 0.25) is 0 Å². The molecule has 2 aliphatic rings. The molecule has 3 heterocycles. The van der Waals surface area contributed by atoms with Gasteiger partial charge in [-0.15, -0.1) is 0 Å². The molecule has 34 heavy (non-hydrogen) atoms. The summed E-state index contributed by atoms with van der Waals surface area (Å²) in [7, 11) is 0. The fraction of sp³-hybridized carbons (Fsp3) is 0.542. The third-order valence-corrected chi connectivity index (χ3v) is 6.24. The van der Waals surface area contributed by atoms with Gasteiger partial charge >= 0.3 is 12.1 Å². The molecule has 1 atom stereocenters. The van der Waals surface area contributed by atoms with Crippen LogP contribution >= 0.6 is 11.6 Å². The van der Waals surface area contributed by atoms with Crippen molar-refractivity contribution in [3.05, 3.63) is 44.6 Å². The lowest BCUT2D eigenvalue weighted by Crippen LogP contribution is -2.40. The van der Waals surface area contributed by atoms with E-state index in [9.17, 15) is 14.4 Å². The molecule has 0 bridgehead atoms. The van der Waals surface area contributed by atoms with E-state index in [1.54, 1.807) is 32.6 Å². The molecule has 1 amide bonds. The van der Waals surface area contributed by atoms with E-state index >= 15 is 4.39 Å². The Hall–Kier alpha value is -2.81. The molecule has 184 valence electrons. The summed E-state index contributed by atoms with van der Waals surface area (Å²) >= 11 is 6.74. The quantitative estimate of drug-likeness (QED) is 0.626. The first-order valence-electron chi connectivity index (χ1n) is 11.5. The van der Waals surface area contributed by atoms with Crippen LogP contribution in [0.25, 0.3) is 5.52 Å². The van der Waals surface area contributed by atoms with Gasteiger partial charge in [-0.05, 0) is 64.5 Å². The topological polar surface area (TPSA) is 89.3 Å². The molecule has 8 nitrogen and oxygen atoms in total. The summed E-state index contributed by atoms with van der Waals surface area (Å²) in [5.74, 6) is -1.28. The molecular weight excluding hydrogens is 465 g/mol. The lowest BCUT2D eigenvalue weighted by atomic mass is 10.1. The summed E-state index contributed by atoms with van der Waals surface area (Å²) in [5.41, 5.74) is -0.104. The molecule has 2 aromatic heterocycles. The molecule has 0 aromatic carbocycles. The van der Waals surface area contributed by atoms with Crippen LogP contribution in [0.3, 0.4) is 0 Å². The second-order valence-corrected chi connectivity index (χ2v) is 10.1. The smallest absolute Gasteiger partial charge is 0.407 e. The number of aromatic nitrogens is 1. The van der Waals surface area contributed by atoms with Crippen LogP contribution in [0.4, 0.5) is 14.9 Å². The minimum absolute atomic E-state index is 0.118. The number of anilines is 1. The SMILES string of the molecule is CCOC(=O)c1cc(C2CC2)c2c(Cl)c(N3CCC(NC(=O)OC(C)(C)C)C3)c(F)cn2c1=O. The maximum atomic E-state index is 15.3. The highest BCUT2D eigenvalue weighted by atomic mass is 35.5. The van der Waals surface area contributed by atoms with E-state index in [1.165, 1.54) is 6.07 Å². The van der Waals surface area contributed by atoms with Gasteiger partial charge in [0.25, 0.3) is 5.56 Å². The molecule has 1 saturated carbocycles. The number of amides is 1. The van der Waals surface area contributed by atoms with Gasteiger partial charge in [-0.25, -0.2) is 14.0 Å². The van der Waals surface area contributed by atoms with E-state index < -0.39 is 29.0 Å². The third kappa shape index (κ3) is 4.85. The number of rotatable bonds is 5. The van der Waals surface area contributed by atoms with E-state index in [4.69, 9.17) is 21.1 Å². The average Bonchev–Trinajstić information content (AvgIpc) is 3.47. The van der Waals surface area contributed by atoms with Crippen molar-refractivity contribution in [2.45, 2.75) is 64.5 Å². The summed E-state index contributed by atoms with van der Waals surface area (Å²) in [6.45, 7) is 7.94. The van der Waals surface area contributed by atoms with Crippen molar-refractivity contribution in [3.63, 3.8) is 0 Å². The largest absolute Gasteiger partial charge is 0.462 e. The summed E-state index contributed by atoms with van der Waals surface area (Å²) in [6, 6.07) is 1.30. The van der Waals surface area contributed by atoms with Crippen LogP contribution in [-0.2, 0) is 9.47 Å². The molecule has 0 spiro atoms. The molecule has 2 aromatic rings. The monoisotopic (exact) mass is 493 g/mol. The number of carbonyl (C=O) groups excluding carboxylic acids is 2. The highest BCUT2D eigenvalue weighted by Gasteiger charge is 2.34. The van der Waals surface area contributed by atoms with Crippen molar-refractivity contribution in [1.29, 1.82) is 0 Å². The van der Waals surface area contributed by atoms with E-state index in [0.717, 1.165) is 29.0 Å². The van der Waals surface area contributed by atoms with Gasteiger partial charge in [0.15, 0.2) is 5.82 Å². The predicted octanol–water partition coefficient (Wildman–Crippen LogP) is 4.25. The first-order valence-corrected chi connectivity index (χ1v) is 11.9. The lowest BCUT2D eigenvalue weighted by Gasteiger charge is -2.24. The second-order valence-electron chi connectivity index (χ2n) is 9.75. The number of nitrogens with zero attached hydrogens (tertiary/aromatic N) is 2. The predicted molar refractivity (Wildman–Crippen MR) is 127 cm³/mol. The zero-order valence-corrected chi connectivity index (χ0v) is 20.5. The fourth-order valence-corrected chi connectivity index (χ4v) is 4.72. The molecule has 1 N–H and O–H groups in total. The number of ether oxygens (including phenoxy) is 2. The third-order valence-electron chi connectivity index (χ3n) is 5.89. The number of nitrogens with one attached hydrogen (secondary N) is 1. The van der Waals surface area contributed by atoms with Crippen LogP contribution < -0.4 is 15.8 Å². The number of esters is 1. The van der Waals surface area contributed by atoms with Crippen LogP contribution in [-0.4, -0.2) is 47.8 Å². The standard InChI is InChI=1S/C24H29ClFN3O5/c1-5-33-22(31)16-10-15(13-6-7-13)19-18(25)20(17(26)12-29(19)21(16)30)28-9-8-14(11-28)27-23(32)34-24(2,3)4/h10,12-14H,5-9,11H2,1-4H3,(H,27,32). The van der Waals surface area contributed by atoms with Crippen LogP contribution in [0, 0.1) is 5.82 Å². The van der Waals surface area contributed by atoms with E-state index in [2.05, 4.69) is 5.32 Å². The molecule has 10 heteroatoms. The maximum Gasteiger partial charge on any atom is 0.407 e. The van der Waals surface area contributed by atoms with E-state index in [-0.39, 0.29) is 34.8 Å². The summed E-state index contributed by atoms with van der Waals surface area (Å²) < 4.78 is 26.8. The van der Waals surface area contributed by atoms with E-state index in [0.29, 0.717) is 25.0 Å². The van der Waals surface area contributed by atoms with Gasteiger partial charge in [0.1, 0.15) is 11.2 Å². The molecule has 1 aliphatic carbocycles. The number of halogens is 2. The molecule has 0 radical (unpaired) electrons. The normalized spacial score (nSPS) is 18.3.